The smallest absolute Gasteiger partial charge is 0.289 e. The first-order chi connectivity index (χ1) is 15.4. The molecule has 4 rings (SSSR count). The molecular weight excluding hydrogens is 430 g/mol. The van der Waals surface area contributed by atoms with Crippen LogP contribution in [-0.4, -0.2) is 37.0 Å². The number of benzene rings is 2. The number of hydrogen-bond donors (Lipinski definition) is 1. The number of amides is 1. The highest BCUT2D eigenvalue weighted by Crippen LogP contribution is 2.41. The highest BCUT2D eigenvalue weighted by atomic mass is 32.2. The van der Waals surface area contributed by atoms with E-state index in [2.05, 4.69) is 10.3 Å². The summed E-state index contributed by atoms with van der Waals surface area (Å²) in [5.74, 6) is 1.66. The number of thioether (sulfide) groups is 1. The molecule has 0 radical (unpaired) electrons. The number of para-hydroxylation sites is 1. The number of aromatic nitrogens is 1. The first-order valence-electron chi connectivity index (χ1n) is 9.63. The molecule has 1 fully saturated rings. The minimum atomic E-state index is -0.278. The monoisotopic (exact) mass is 451 g/mol. The lowest BCUT2D eigenvalue weighted by atomic mass is 10.1. The average Bonchev–Trinajstić information content (AvgIpc) is 3.14. The molecule has 164 valence electrons. The second-order valence-electron chi connectivity index (χ2n) is 6.89. The molecule has 32 heavy (non-hydrogen) atoms. The third kappa shape index (κ3) is 3.94. The van der Waals surface area contributed by atoms with E-state index in [4.69, 9.17) is 14.2 Å². The van der Waals surface area contributed by atoms with Gasteiger partial charge in [-0.25, -0.2) is 4.99 Å². The summed E-state index contributed by atoms with van der Waals surface area (Å²) in [6, 6.07) is 12.8. The lowest BCUT2D eigenvalue weighted by Gasteiger charge is -2.12. The number of methoxy groups -OCH3 is 3. The zero-order chi connectivity index (χ0) is 22.8. The van der Waals surface area contributed by atoms with Crippen molar-refractivity contribution in [1.29, 1.82) is 0 Å². The van der Waals surface area contributed by atoms with E-state index in [-0.39, 0.29) is 10.8 Å². The van der Waals surface area contributed by atoms with Gasteiger partial charge in [0, 0.05) is 24.7 Å². The van der Waals surface area contributed by atoms with Crippen molar-refractivity contribution >= 4 is 45.5 Å². The number of aryl methyl sites for hydroxylation is 1. The van der Waals surface area contributed by atoms with E-state index in [1.165, 1.54) is 21.3 Å². The van der Waals surface area contributed by atoms with Gasteiger partial charge in [-0.15, -0.1) is 0 Å². The van der Waals surface area contributed by atoms with E-state index >= 15 is 0 Å². The topological polar surface area (TPSA) is 91.2 Å². The molecule has 0 saturated carbocycles. The highest BCUT2D eigenvalue weighted by Gasteiger charge is 2.25. The normalized spacial score (nSPS) is 15.9. The number of carbonyl (C=O) groups is 1. The SMILES string of the molecule is COc1cc(N=C2NC(=O)S/C2=C\c2cc3ccccc3n(C)c2=O)cc(OC)c1OC. The zero-order valence-corrected chi connectivity index (χ0v) is 18.8. The fraction of sp³-hybridized carbons (Fsp3) is 0.174. The van der Waals surface area contributed by atoms with Crippen LogP contribution in [0.2, 0.25) is 0 Å². The van der Waals surface area contributed by atoms with Crippen LogP contribution in [0.3, 0.4) is 0 Å². The molecule has 2 heterocycles. The molecule has 0 atom stereocenters. The average molecular weight is 452 g/mol. The summed E-state index contributed by atoms with van der Waals surface area (Å²) in [4.78, 5) is 30.1. The summed E-state index contributed by atoms with van der Waals surface area (Å²) < 4.78 is 17.7. The number of nitrogens with zero attached hydrogens (tertiary/aromatic N) is 2. The fourth-order valence-corrected chi connectivity index (χ4v) is 4.19. The predicted molar refractivity (Wildman–Crippen MR) is 126 cm³/mol. The van der Waals surface area contributed by atoms with Gasteiger partial charge in [0.25, 0.3) is 10.8 Å². The van der Waals surface area contributed by atoms with Crippen LogP contribution in [-0.2, 0) is 7.05 Å². The summed E-state index contributed by atoms with van der Waals surface area (Å²) in [6.07, 6.45) is 1.67. The van der Waals surface area contributed by atoms with Gasteiger partial charge in [0.05, 0.1) is 37.4 Å². The zero-order valence-electron chi connectivity index (χ0n) is 18.0. The van der Waals surface area contributed by atoms with Crippen molar-refractivity contribution in [2.24, 2.45) is 12.0 Å². The van der Waals surface area contributed by atoms with Crippen LogP contribution >= 0.6 is 11.8 Å². The molecule has 0 spiro atoms. The van der Waals surface area contributed by atoms with Gasteiger partial charge in [-0.1, -0.05) is 18.2 Å². The number of rotatable bonds is 5. The Morgan fingerprint density at radius 1 is 1.00 bits per heavy atom. The van der Waals surface area contributed by atoms with E-state index < -0.39 is 0 Å². The van der Waals surface area contributed by atoms with Crippen LogP contribution < -0.4 is 25.1 Å². The maximum atomic E-state index is 12.9. The second kappa shape index (κ2) is 8.80. The van der Waals surface area contributed by atoms with Crippen molar-refractivity contribution in [3.05, 3.63) is 63.3 Å². The second-order valence-corrected chi connectivity index (χ2v) is 7.90. The molecule has 0 aliphatic carbocycles. The van der Waals surface area contributed by atoms with Crippen molar-refractivity contribution in [3.8, 4) is 17.2 Å². The van der Waals surface area contributed by atoms with Crippen LogP contribution in [0, 0.1) is 0 Å². The van der Waals surface area contributed by atoms with Gasteiger partial charge in [0.2, 0.25) is 5.75 Å². The van der Waals surface area contributed by atoms with Gasteiger partial charge in [-0.05, 0) is 35.4 Å². The summed E-state index contributed by atoms with van der Waals surface area (Å²) in [6.45, 7) is 0. The number of nitrogens with one attached hydrogen (secondary N) is 1. The predicted octanol–water partition coefficient (Wildman–Crippen LogP) is 4.09. The van der Waals surface area contributed by atoms with E-state index in [0.717, 1.165) is 22.7 Å². The molecule has 1 aliphatic heterocycles. The van der Waals surface area contributed by atoms with E-state index in [0.29, 0.717) is 39.2 Å². The molecule has 1 N–H and O–H groups in total. The molecule has 3 aromatic rings. The molecule has 8 nitrogen and oxygen atoms in total. The third-order valence-corrected chi connectivity index (χ3v) is 5.81. The van der Waals surface area contributed by atoms with Crippen molar-refractivity contribution in [3.63, 3.8) is 0 Å². The molecule has 1 amide bonds. The summed E-state index contributed by atoms with van der Waals surface area (Å²) in [7, 11) is 6.28. The van der Waals surface area contributed by atoms with Crippen molar-refractivity contribution in [1.82, 2.24) is 9.88 Å². The van der Waals surface area contributed by atoms with Gasteiger partial charge in [-0.2, -0.15) is 0 Å². The van der Waals surface area contributed by atoms with Crippen molar-refractivity contribution < 1.29 is 19.0 Å². The summed E-state index contributed by atoms with van der Waals surface area (Å²) >= 11 is 0.980. The number of carbonyl (C=O) groups excluding carboxylic acids is 1. The summed E-state index contributed by atoms with van der Waals surface area (Å²) in [5, 5.41) is 3.38. The molecule has 1 saturated heterocycles. The minimum Gasteiger partial charge on any atom is -0.493 e. The molecule has 9 heteroatoms. The van der Waals surface area contributed by atoms with Gasteiger partial charge in [0.15, 0.2) is 11.5 Å². The van der Waals surface area contributed by atoms with Crippen LogP contribution in [0.4, 0.5) is 10.5 Å². The van der Waals surface area contributed by atoms with Gasteiger partial charge < -0.3 is 24.1 Å². The number of pyridine rings is 1. The van der Waals surface area contributed by atoms with Crippen molar-refractivity contribution in [2.45, 2.75) is 0 Å². The van der Waals surface area contributed by atoms with Crippen LogP contribution in [0.25, 0.3) is 17.0 Å². The third-order valence-electron chi connectivity index (χ3n) is 4.99. The number of fused-ring (bicyclic) bond motifs is 1. The number of ether oxygens (including phenoxy) is 3. The Labute approximate surface area is 188 Å². The van der Waals surface area contributed by atoms with Crippen LogP contribution in [0.15, 0.2) is 57.2 Å². The molecular formula is C23H21N3O5S. The quantitative estimate of drug-likeness (QED) is 0.628. The molecule has 1 aromatic heterocycles. The van der Waals surface area contributed by atoms with Crippen LogP contribution in [0.1, 0.15) is 5.56 Å². The van der Waals surface area contributed by atoms with Gasteiger partial charge >= 0.3 is 0 Å². The minimum absolute atomic E-state index is 0.164. The van der Waals surface area contributed by atoms with E-state index in [1.807, 2.05) is 30.3 Å². The molecule has 1 aliphatic rings. The van der Waals surface area contributed by atoms with Crippen LogP contribution in [0.5, 0.6) is 17.2 Å². The van der Waals surface area contributed by atoms with Gasteiger partial charge in [0.1, 0.15) is 5.84 Å². The Kier molecular flexibility index (Phi) is 5.91. The van der Waals surface area contributed by atoms with E-state index in [1.54, 1.807) is 29.8 Å². The lowest BCUT2D eigenvalue weighted by molar-refractivity contribution is 0.265. The maximum Gasteiger partial charge on any atom is 0.289 e. The first kappa shape index (κ1) is 21.5. The molecule has 2 aromatic carbocycles. The standard InChI is InChI=1S/C23H21N3O5S/c1-26-16-8-6-5-7-13(16)9-14(22(26)27)10-19-21(25-23(28)32-19)24-15-11-17(29-2)20(31-4)18(12-15)30-3/h5-12H,1-4H3,(H,24,25,28)/b19-10-. The Morgan fingerprint density at radius 2 is 1.69 bits per heavy atom. The van der Waals surface area contributed by atoms with Crippen molar-refractivity contribution in [2.75, 3.05) is 21.3 Å². The first-order valence-corrected chi connectivity index (χ1v) is 10.4. The Hall–Kier alpha value is -3.72. The Bertz CT molecular complexity index is 1320. The number of hydrogen-bond acceptors (Lipinski definition) is 7. The summed E-state index contributed by atoms with van der Waals surface area (Å²) in [5.41, 5.74) is 1.62. The number of amidine groups is 1. The Morgan fingerprint density at radius 3 is 2.34 bits per heavy atom. The maximum absolute atomic E-state index is 12.9. The van der Waals surface area contributed by atoms with Gasteiger partial charge in [-0.3, -0.25) is 9.59 Å². The lowest BCUT2D eigenvalue weighted by Crippen LogP contribution is -2.20. The highest BCUT2D eigenvalue weighted by molar-refractivity contribution is 8.18. The molecule has 0 unspecified atom stereocenters. The fourth-order valence-electron chi connectivity index (χ4n) is 3.47. The largest absolute Gasteiger partial charge is 0.493 e. The molecule has 0 bridgehead atoms. The van der Waals surface area contributed by atoms with E-state index in [9.17, 15) is 9.59 Å². The number of aliphatic imine (C=N–C) groups is 1. The Balaban J connectivity index is 1.82.